The molecule has 0 unspecified atom stereocenters. The van der Waals surface area contributed by atoms with E-state index in [0.717, 1.165) is 0 Å². The average molecular weight is 231 g/mol. The second-order valence-electron chi connectivity index (χ2n) is 3.12. The lowest BCUT2D eigenvalue weighted by molar-refractivity contribution is 0.0697. The highest BCUT2D eigenvalue weighted by molar-refractivity contribution is 5.94. The van der Waals surface area contributed by atoms with Gasteiger partial charge in [0.25, 0.3) is 0 Å². The minimum Gasteiger partial charge on any atom is -0.478 e. The molecule has 0 saturated carbocycles. The van der Waals surface area contributed by atoms with Gasteiger partial charge in [0.2, 0.25) is 0 Å². The summed E-state index contributed by atoms with van der Waals surface area (Å²) in [4.78, 5) is 10.7. The van der Waals surface area contributed by atoms with Crippen molar-refractivity contribution in [3.05, 3.63) is 29.5 Å². The zero-order valence-electron chi connectivity index (χ0n) is 9.93. The fraction of sp³-hybridized carbons (Fsp3) is 0.250. The van der Waals surface area contributed by atoms with E-state index in [1.54, 1.807) is 13.1 Å². The van der Waals surface area contributed by atoms with Crippen LogP contribution in [0.2, 0.25) is 0 Å². The third-order valence-electron chi connectivity index (χ3n) is 2.19. The van der Waals surface area contributed by atoms with Crippen molar-refractivity contribution < 1.29 is 9.90 Å². The van der Waals surface area contributed by atoms with Crippen LogP contribution in [0.3, 0.4) is 0 Å². The predicted octanol–water partition coefficient (Wildman–Crippen LogP) is 2.17. The first-order chi connectivity index (χ1) is 8.13. The third kappa shape index (κ3) is 2.26. The normalized spacial score (nSPS) is 9.29. The van der Waals surface area contributed by atoms with Gasteiger partial charge in [0.15, 0.2) is 0 Å². The quantitative estimate of drug-likeness (QED) is 0.815. The van der Waals surface area contributed by atoms with Crippen molar-refractivity contribution in [2.24, 2.45) is 7.05 Å². The maximum Gasteiger partial charge on any atom is 0.335 e. The van der Waals surface area contributed by atoms with Crippen molar-refractivity contribution in [2.75, 3.05) is 0 Å². The number of aromatic nitrogens is 2. The summed E-state index contributed by atoms with van der Waals surface area (Å²) >= 11 is 0. The maximum absolute atomic E-state index is 10.7. The number of aryl methyl sites for hydroxylation is 1. The molecule has 5 nitrogen and oxygen atoms in total. The molecule has 2 rings (SSSR count). The van der Waals surface area contributed by atoms with E-state index in [1.165, 1.54) is 16.8 Å². The molecule has 0 aliphatic carbocycles. The first-order valence-corrected chi connectivity index (χ1v) is 5.23. The van der Waals surface area contributed by atoms with Crippen molar-refractivity contribution in [2.45, 2.75) is 13.8 Å². The lowest BCUT2D eigenvalue weighted by Crippen LogP contribution is -1.94. The van der Waals surface area contributed by atoms with Crippen molar-refractivity contribution in [1.29, 1.82) is 5.26 Å². The molecule has 0 spiro atoms. The number of nitrogens with zero attached hydrogens (tertiary/aromatic N) is 3. The lowest BCUT2D eigenvalue weighted by Gasteiger charge is -1.92. The zero-order valence-corrected chi connectivity index (χ0v) is 9.93. The van der Waals surface area contributed by atoms with Crippen molar-refractivity contribution in [3.63, 3.8) is 0 Å². The fourth-order valence-corrected chi connectivity index (χ4v) is 1.47. The maximum atomic E-state index is 10.7. The van der Waals surface area contributed by atoms with E-state index in [0.29, 0.717) is 16.6 Å². The number of rotatable bonds is 1. The number of aromatic carboxylic acids is 1. The van der Waals surface area contributed by atoms with Crippen molar-refractivity contribution in [3.8, 4) is 6.07 Å². The van der Waals surface area contributed by atoms with Crippen LogP contribution in [0.15, 0.2) is 18.2 Å². The summed E-state index contributed by atoms with van der Waals surface area (Å²) < 4.78 is 1.44. The topological polar surface area (TPSA) is 78.9 Å². The van der Waals surface area contributed by atoms with Crippen LogP contribution in [0.5, 0.6) is 0 Å². The summed E-state index contributed by atoms with van der Waals surface area (Å²) in [5.41, 5.74) is 1.13. The molecule has 1 N–H and O–H groups in total. The van der Waals surface area contributed by atoms with Crippen LogP contribution in [-0.4, -0.2) is 20.9 Å². The van der Waals surface area contributed by atoms with Gasteiger partial charge in [-0.05, 0) is 18.2 Å². The van der Waals surface area contributed by atoms with Crippen LogP contribution in [0, 0.1) is 11.3 Å². The van der Waals surface area contributed by atoms with E-state index in [4.69, 9.17) is 10.4 Å². The molecule has 0 saturated heterocycles. The summed E-state index contributed by atoms with van der Waals surface area (Å²) in [5, 5.41) is 22.4. The highest BCUT2D eigenvalue weighted by Crippen LogP contribution is 2.18. The van der Waals surface area contributed by atoms with Crippen LogP contribution in [-0.2, 0) is 7.05 Å². The fourth-order valence-electron chi connectivity index (χ4n) is 1.47. The first kappa shape index (κ1) is 12.7. The third-order valence-corrected chi connectivity index (χ3v) is 2.19. The largest absolute Gasteiger partial charge is 0.478 e. The van der Waals surface area contributed by atoms with Gasteiger partial charge < -0.3 is 5.11 Å². The molecule has 0 fully saturated rings. The van der Waals surface area contributed by atoms with Gasteiger partial charge in [-0.25, -0.2) is 4.79 Å². The Morgan fingerprint density at radius 3 is 2.65 bits per heavy atom. The average Bonchev–Trinajstić information content (AvgIpc) is 2.65. The monoisotopic (exact) mass is 231 g/mol. The number of hydrogen-bond donors (Lipinski definition) is 1. The second kappa shape index (κ2) is 5.12. The van der Waals surface area contributed by atoms with E-state index < -0.39 is 5.97 Å². The molecule has 1 heterocycles. The molecule has 17 heavy (non-hydrogen) atoms. The standard InChI is InChI=1S/C10H7N3O2.C2H6/c1-13-9(5-11)7-3-2-6(10(14)15)4-8(7)12-13;1-2/h2-4H,1H3,(H,14,15);1-2H3. The number of hydrogen-bond acceptors (Lipinski definition) is 3. The highest BCUT2D eigenvalue weighted by Gasteiger charge is 2.10. The van der Waals surface area contributed by atoms with Gasteiger partial charge in [-0.1, -0.05) is 13.8 Å². The Morgan fingerprint density at radius 1 is 1.47 bits per heavy atom. The smallest absolute Gasteiger partial charge is 0.335 e. The number of carbonyl (C=O) groups is 1. The summed E-state index contributed by atoms with van der Waals surface area (Å²) in [7, 11) is 1.65. The molecule has 2 aromatic rings. The summed E-state index contributed by atoms with van der Waals surface area (Å²) in [6.07, 6.45) is 0. The van der Waals surface area contributed by atoms with Crippen LogP contribution in [0.25, 0.3) is 10.9 Å². The summed E-state index contributed by atoms with van der Waals surface area (Å²) in [6.45, 7) is 4.00. The summed E-state index contributed by atoms with van der Waals surface area (Å²) in [5.74, 6) is -0.999. The predicted molar refractivity (Wildman–Crippen MR) is 63.7 cm³/mol. The van der Waals surface area contributed by atoms with Crippen LogP contribution < -0.4 is 0 Å². The van der Waals surface area contributed by atoms with Gasteiger partial charge in [0, 0.05) is 12.4 Å². The minimum atomic E-state index is -0.999. The van der Waals surface area contributed by atoms with Gasteiger partial charge in [0.05, 0.1) is 11.1 Å². The zero-order chi connectivity index (χ0) is 13.0. The van der Waals surface area contributed by atoms with Crippen molar-refractivity contribution in [1.82, 2.24) is 9.78 Å². The molecule has 0 aliphatic heterocycles. The Morgan fingerprint density at radius 2 is 2.12 bits per heavy atom. The minimum absolute atomic E-state index is 0.171. The van der Waals surface area contributed by atoms with E-state index in [1.807, 2.05) is 19.9 Å². The van der Waals surface area contributed by atoms with E-state index in [9.17, 15) is 4.79 Å². The van der Waals surface area contributed by atoms with E-state index in [2.05, 4.69) is 5.10 Å². The van der Waals surface area contributed by atoms with Crippen LogP contribution >= 0.6 is 0 Å². The molecule has 5 heteroatoms. The van der Waals surface area contributed by atoms with Gasteiger partial charge in [-0.15, -0.1) is 0 Å². The Labute approximate surface area is 98.9 Å². The number of nitriles is 1. The molecule has 0 amide bonds. The number of fused-ring (bicyclic) bond motifs is 1. The summed E-state index contributed by atoms with van der Waals surface area (Å²) in [6, 6.07) is 6.54. The molecule has 0 atom stereocenters. The second-order valence-corrected chi connectivity index (χ2v) is 3.12. The molecule has 88 valence electrons. The highest BCUT2D eigenvalue weighted by atomic mass is 16.4. The van der Waals surface area contributed by atoms with Gasteiger partial charge >= 0.3 is 5.97 Å². The Balaban J connectivity index is 0.000000686. The Bertz CT molecular complexity index is 594. The molecule has 0 radical (unpaired) electrons. The van der Waals surface area contributed by atoms with Gasteiger partial charge in [-0.3, -0.25) is 4.68 Å². The SMILES string of the molecule is CC.Cn1nc2cc(C(=O)O)ccc2c1C#N. The number of benzene rings is 1. The van der Waals surface area contributed by atoms with Gasteiger partial charge in [0.1, 0.15) is 11.8 Å². The van der Waals surface area contributed by atoms with Crippen LogP contribution in [0.4, 0.5) is 0 Å². The number of carboxylic acids is 1. The molecular formula is C12H13N3O2. The molecule has 0 aliphatic rings. The molecule has 1 aromatic heterocycles. The Kier molecular flexibility index (Phi) is 3.83. The molecule has 0 bridgehead atoms. The van der Waals surface area contributed by atoms with E-state index >= 15 is 0 Å². The van der Waals surface area contributed by atoms with Gasteiger partial charge in [-0.2, -0.15) is 10.4 Å². The van der Waals surface area contributed by atoms with E-state index in [-0.39, 0.29) is 5.56 Å². The molecule has 1 aromatic carbocycles. The first-order valence-electron chi connectivity index (χ1n) is 5.23. The van der Waals surface area contributed by atoms with Crippen molar-refractivity contribution >= 4 is 16.9 Å². The number of carboxylic acid groups (broad SMARTS) is 1. The molecular weight excluding hydrogens is 218 g/mol. The Hall–Kier alpha value is -2.35. The van der Waals surface area contributed by atoms with Crippen LogP contribution in [0.1, 0.15) is 29.9 Å². The lowest BCUT2D eigenvalue weighted by atomic mass is 10.1.